The maximum absolute atomic E-state index is 5.55. The highest BCUT2D eigenvalue weighted by Gasteiger charge is 2.15. The van der Waals surface area contributed by atoms with Crippen LogP contribution in [-0.2, 0) is 7.05 Å². The van der Waals surface area contributed by atoms with Gasteiger partial charge in [-0.1, -0.05) is 13.8 Å². The van der Waals surface area contributed by atoms with Crippen molar-refractivity contribution < 1.29 is 4.42 Å². The van der Waals surface area contributed by atoms with Crippen molar-refractivity contribution in [1.82, 2.24) is 20.0 Å². The summed E-state index contributed by atoms with van der Waals surface area (Å²) in [6.07, 6.45) is 1.74. The van der Waals surface area contributed by atoms with E-state index in [9.17, 15) is 0 Å². The van der Waals surface area contributed by atoms with Gasteiger partial charge in [-0.15, -0.1) is 10.2 Å². The summed E-state index contributed by atoms with van der Waals surface area (Å²) in [6, 6.07) is 0. The van der Waals surface area contributed by atoms with Gasteiger partial charge in [0.15, 0.2) is 0 Å². The van der Waals surface area contributed by atoms with Crippen molar-refractivity contribution >= 4 is 0 Å². The Labute approximate surface area is 88.1 Å². The Morgan fingerprint density at radius 1 is 1.33 bits per heavy atom. The van der Waals surface area contributed by atoms with Crippen LogP contribution in [0.15, 0.2) is 10.6 Å². The van der Waals surface area contributed by atoms with Crippen LogP contribution in [0.25, 0.3) is 11.5 Å². The molecule has 0 aliphatic carbocycles. The van der Waals surface area contributed by atoms with E-state index in [4.69, 9.17) is 4.42 Å². The molecule has 2 heterocycles. The minimum atomic E-state index is 0.253. The molecule has 80 valence electrons. The van der Waals surface area contributed by atoms with Crippen LogP contribution in [0.3, 0.4) is 0 Å². The largest absolute Gasteiger partial charge is 0.420 e. The molecule has 0 saturated heterocycles. The van der Waals surface area contributed by atoms with Crippen molar-refractivity contribution in [2.45, 2.75) is 26.7 Å². The van der Waals surface area contributed by atoms with E-state index in [1.165, 1.54) is 0 Å². The number of aryl methyl sites for hydroxylation is 1. The second-order valence-electron chi connectivity index (χ2n) is 3.87. The van der Waals surface area contributed by atoms with Gasteiger partial charge < -0.3 is 4.42 Å². The van der Waals surface area contributed by atoms with Gasteiger partial charge in [0.25, 0.3) is 5.89 Å². The molecule has 0 bridgehead atoms. The summed E-state index contributed by atoms with van der Waals surface area (Å²) in [6.45, 7) is 6.02. The quantitative estimate of drug-likeness (QED) is 0.753. The number of hydrogen-bond acceptors (Lipinski definition) is 4. The Morgan fingerprint density at radius 3 is 2.53 bits per heavy atom. The van der Waals surface area contributed by atoms with E-state index in [0.29, 0.717) is 11.8 Å². The number of nitrogens with zero attached hydrogens (tertiary/aromatic N) is 4. The first-order valence-corrected chi connectivity index (χ1v) is 4.92. The summed E-state index contributed by atoms with van der Waals surface area (Å²) >= 11 is 0. The third-order valence-corrected chi connectivity index (χ3v) is 2.40. The fourth-order valence-corrected chi connectivity index (χ4v) is 1.29. The standard InChI is InChI=1S/C10H14N4O/c1-6(2)9-12-13-10(15-9)8-5-11-14(4)7(8)3/h5-6H,1-4H3. The SMILES string of the molecule is Cc1c(-c2nnc(C(C)C)o2)cnn1C. The molecule has 0 saturated carbocycles. The molecule has 0 atom stereocenters. The molecule has 5 heteroatoms. The monoisotopic (exact) mass is 206 g/mol. The van der Waals surface area contributed by atoms with E-state index in [0.717, 1.165) is 11.3 Å². The molecule has 0 unspecified atom stereocenters. The molecule has 0 radical (unpaired) electrons. The minimum Gasteiger partial charge on any atom is -0.420 e. The van der Waals surface area contributed by atoms with Crippen molar-refractivity contribution in [2.24, 2.45) is 7.05 Å². The van der Waals surface area contributed by atoms with Crippen molar-refractivity contribution in [3.63, 3.8) is 0 Å². The number of aromatic nitrogens is 4. The Morgan fingerprint density at radius 2 is 2.07 bits per heavy atom. The summed E-state index contributed by atoms with van der Waals surface area (Å²) in [5, 5.41) is 12.1. The maximum atomic E-state index is 5.55. The molecule has 2 rings (SSSR count). The molecule has 0 N–H and O–H groups in total. The summed E-state index contributed by atoms with van der Waals surface area (Å²) in [5.74, 6) is 1.46. The van der Waals surface area contributed by atoms with Gasteiger partial charge in [0, 0.05) is 18.7 Å². The highest BCUT2D eigenvalue weighted by atomic mass is 16.4. The molecule has 0 fully saturated rings. The van der Waals surface area contributed by atoms with Crippen LogP contribution in [0.4, 0.5) is 0 Å². The lowest BCUT2D eigenvalue weighted by Crippen LogP contribution is -1.92. The molecule has 0 aliphatic heterocycles. The molecule has 5 nitrogen and oxygen atoms in total. The predicted octanol–water partition coefficient (Wildman–Crippen LogP) is 1.90. The van der Waals surface area contributed by atoms with Gasteiger partial charge in [-0.05, 0) is 6.92 Å². The minimum absolute atomic E-state index is 0.253. The Kier molecular flexibility index (Phi) is 2.30. The van der Waals surface area contributed by atoms with Crippen LogP contribution in [0.5, 0.6) is 0 Å². The van der Waals surface area contributed by atoms with Gasteiger partial charge in [0.05, 0.1) is 11.8 Å². The van der Waals surface area contributed by atoms with Gasteiger partial charge in [-0.3, -0.25) is 4.68 Å². The number of hydrogen-bond donors (Lipinski definition) is 0. The van der Waals surface area contributed by atoms with E-state index < -0.39 is 0 Å². The summed E-state index contributed by atoms with van der Waals surface area (Å²) < 4.78 is 7.34. The lowest BCUT2D eigenvalue weighted by molar-refractivity contribution is 0.480. The van der Waals surface area contributed by atoms with E-state index in [1.807, 2.05) is 27.8 Å². The topological polar surface area (TPSA) is 56.7 Å². The Bertz CT molecular complexity index is 469. The van der Waals surface area contributed by atoms with E-state index in [-0.39, 0.29) is 5.92 Å². The fraction of sp³-hybridized carbons (Fsp3) is 0.500. The second-order valence-corrected chi connectivity index (χ2v) is 3.87. The maximum Gasteiger partial charge on any atom is 0.251 e. The summed E-state index contributed by atoms with van der Waals surface area (Å²) in [5.41, 5.74) is 1.92. The second kappa shape index (κ2) is 3.49. The molecule has 2 aromatic rings. The summed E-state index contributed by atoms with van der Waals surface area (Å²) in [7, 11) is 1.89. The van der Waals surface area contributed by atoms with Crippen molar-refractivity contribution in [3.8, 4) is 11.5 Å². The van der Waals surface area contributed by atoms with Crippen molar-refractivity contribution in [1.29, 1.82) is 0 Å². The van der Waals surface area contributed by atoms with Crippen LogP contribution < -0.4 is 0 Å². The van der Waals surface area contributed by atoms with Crippen LogP contribution in [-0.4, -0.2) is 20.0 Å². The van der Waals surface area contributed by atoms with Crippen molar-refractivity contribution in [2.75, 3.05) is 0 Å². The first-order chi connectivity index (χ1) is 7.09. The van der Waals surface area contributed by atoms with Crippen LogP contribution in [0.1, 0.15) is 31.4 Å². The third-order valence-electron chi connectivity index (χ3n) is 2.40. The van der Waals surface area contributed by atoms with Gasteiger partial charge >= 0.3 is 0 Å². The van der Waals surface area contributed by atoms with Gasteiger partial charge in [0.2, 0.25) is 5.89 Å². The molecular formula is C10H14N4O. The number of rotatable bonds is 2. The van der Waals surface area contributed by atoms with Crippen molar-refractivity contribution in [3.05, 3.63) is 17.8 Å². The third kappa shape index (κ3) is 1.65. The zero-order valence-electron chi connectivity index (χ0n) is 9.35. The molecule has 15 heavy (non-hydrogen) atoms. The zero-order valence-corrected chi connectivity index (χ0v) is 9.35. The molecule has 0 aromatic carbocycles. The first-order valence-electron chi connectivity index (χ1n) is 4.92. The highest BCUT2D eigenvalue weighted by Crippen LogP contribution is 2.23. The normalized spacial score (nSPS) is 11.3. The van der Waals surface area contributed by atoms with E-state index in [1.54, 1.807) is 10.9 Å². The average molecular weight is 206 g/mol. The van der Waals surface area contributed by atoms with Gasteiger partial charge in [-0.2, -0.15) is 5.10 Å². The molecule has 2 aromatic heterocycles. The van der Waals surface area contributed by atoms with Gasteiger partial charge in [0.1, 0.15) is 0 Å². The highest BCUT2D eigenvalue weighted by molar-refractivity contribution is 5.54. The van der Waals surface area contributed by atoms with Gasteiger partial charge in [-0.25, -0.2) is 0 Å². The average Bonchev–Trinajstić information content (AvgIpc) is 2.76. The Hall–Kier alpha value is -1.65. The fourth-order valence-electron chi connectivity index (χ4n) is 1.29. The van der Waals surface area contributed by atoms with E-state index in [2.05, 4.69) is 15.3 Å². The lowest BCUT2D eigenvalue weighted by Gasteiger charge is -1.96. The van der Waals surface area contributed by atoms with E-state index >= 15 is 0 Å². The lowest BCUT2D eigenvalue weighted by atomic mass is 10.2. The zero-order chi connectivity index (χ0) is 11.0. The van der Waals surface area contributed by atoms with Crippen LogP contribution in [0.2, 0.25) is 0 Å². The molecule has 0 amide bonds. The molecule has 0 aliphatic rings. The van der Waals surface area contributed by atoms with Crippen LogP contribution >= 0.6 is 0 Å². The summed E-state index contributed by atoms with van der Waals surface area (Å²) in [4.78, 5) is 0. The first kappa shape index (κ1) is 9.89. The van der Waals surface area contributed by atoms with Crippen LogP contribution in [0, 0.1) is 6.92 Å². The Balaban J connectivity index is 2.41. The molecular weight excluding hydrogens is 192 g/mol. The molecule has 0 spiro atoms. The predicted molar refractivity (Wildman–Crippen MR) is 55.3 cm³/mol. The smallest absolute Gasteiger partial charge is 0.251 e.